The van der Waals surface area contributed by atoms with Gasteiger partial charge in [0, 0.05) is 31.4 Å². The van der Waals surface area contributed by atoms with Crippen molar-refractivity contribution in [2.75, 3.05) is 24.6 Å². The van der Waals surface area contributed by atoms with Crippen LogP contribution in [0.4, 0.5) is 5.69 Å². The Labute approximate surface area is 127 Å². The molecule has 1 aliphatic rings. The van der Waals surface area contributed by atoms with Gasteiger partial charge in [0.05, 0.1) is 5.75 Å². The number of rotatable bonds is 6. The minimum atomic E-state index is -3.05. The van der Waals surface area contributed by atoms with Gasteiger partial charge in [0.15, 0.2) is 0 Å². The van der Waals surface area contributed by atoms with Gasteiger partial charge in [0.1, 0.15) is 0 Å². The molecule has 0 amide bonds. The lowest BCUT2D eigenvalue weighted by atomic mass is 10.1. The summed E-state index contributed by atoms with van der Waals surface area (Å²) in [4.78, 5) is 0. The van der Waals surface area contributed by atoms with Crippen LogP contribution in [0.15, 0.2) is 24.3 Å². The number of para-hydroxylation sites is 1. The summed E-state index contributed by atoms with van der Waals surface area (Å²) in [5, 5.41) is 3.48. The van der Waals surface area contributed by atoms with Crippen molar-refractivity contribution in [3.8, 4) is 0 Å². The van der Waals surface area contributed by atoms with Gasteiger partial charge >= 0.3 is 0 Å². The van der Waals surface area contributed by atoms with Crippen molar-refractivity contribution in [2.45, 2.75) is 38.8 Å². The molecule has 1 fully saturated rings. The molecule has 6 heteroatoms. The molecular weight excluding hydrogens is 286 g/mol. The Morgan fingerprint density at radius 2 is 1.95 bits per heavy atom. The minimum Gasteiger partial charge on any atom is -0.398 e. The minimum absolute atomic E-state index is 0.256. The first-order valence-electron chi connectivity index (χ1n) is 7.57. The third kappa shape index (κ3) is 4.43. The summed E-state index contributed by atoms with van der Waals surface area (Å²) in [7, 11) is -3.05. The predicted octanol–water partition coefficient (Wildman–Crippen LogP) is 1.56. The van der Waals surface area contributed by atoms with Gasteiger partial charge in [0.25, 0.3) is 0 Å². The van der Waals surface area contributed by atoms with E-state index >= 15 is 0 Å². The van der Waals surface area contributed by atoms with E-state index in [0.29, 0.717) is 25.6 Å². The van der Waals surface area contributed by atoms with E-state index in [1.165, 1.54) is 0 Å². The molecule has 3 N–H and O–H groups in total. The molecule has 0 radical (unpaired) electrons. The molecule has 0 atom stereocenters. The van der Waals surface area contributed by atoms with Crippen molar-refractivity contribution in [3.63, 3.8) is 0 Å². The van der Waals surface area contributed by atoms with Crippen LogP contribution in [0, 0.1) is 0 Å². The molecule has 0 saturated carbocycles. The summed E-state index contributed by atoms with van der Waals surface area (Å²) in [5.74, 6) is 0.256. The molecule has 0 unspecified atom stereocenters. The van der Waals surface area contributed by atoms with Crippen LogP contribution in [0.1, 0.15) is 31.7 Å². The standard InChI is InChI=1S/C15H25N3O2S/c1-2-11-21(19,20)18-9-7-14(8-10-18)17-12-13-5-3-4-6-15(13)16/h3-6,14,17H,2,7-12,16H2,1H3. The van der Waals surface area contributed by atoms with Crippen LogP contribution in [0.3, 0.4) is 0 Å². The molecule has 118 valence electrons. The smallest absolute Gasteiger partial charge is 0.214 e. The number of hydrogen-bond donors (Lipinski definition) is 2. The van der Waals surface area contributed by atoms with Gasteiger partial charge in [-0.05, 0) is 30.9 Å². The third-order valence-corrected chi connectivity index (χ3v) is 6.02. The maximum atomic E-state index is 12.0. The molecule has 1 aromatic carbocycles. The van der Waals surface area contributed by atoms with Crippen LogP contribution in [-0.4, -0.2) is 37.6 Å². The summed E-state index contributed by atoms with van der Waals surface area (Å²) < 4.78 is 25.6. The highest BCUT2D eigenvalue weighted by Gasteiger charge is 2.26. The van der Waals surface area contributed by atoms with Gasteiger partial charge in [0.2, 0.25) is 10.0 Å². The van der Waals surface area contributed by atoms with Gasteiger partial charge in [-0.2, -0.15) is 0 Å². The summed E-state index contributed by atoms with van der Waals surface area (Å²) in [6.45, 7) is 3.86. The second-order valence-corrected chi connectivity index (χ2v) is 7.66. The van der Waals surface area contributed by atoms with E-state index < -0.39 is 10.0 Å². The Balaban J connectivity index is 1.81. The second kappa shape index (κ2) is 7.24. The lowest BCUT2D eigenvalue weighted by Gasteiger charge is -2.31. The van der Waals surface area contributed by atoms with Crippen LogP contribution in [0.5, 0.6) is 0 Å². The van der Waals surface area contributed by atoms with Crippen molar-refractivity contribution in [1.82, 2.24) is 9.62 Å². The number of benzene rings is 1. The first-order chi connectivity index (χ1) is 10.0. The lowest BCUT2D eigenvalue weighted by molar-refractivity contribution is 0.288. The average Bonchev–Trinajstić information content (AvgIpc) is 2.47. The van der Waals surface area contributed by atoms with Crippen molar-refractivity contribution in [1.29, 1.82) is 0 Å². The Bertz CT molecular complexity index is 552. The normalized spacial score (nSPS) is 18.0. The highest BCUT2D eigenvalue weighted by Crippen LogP contribution is 2.16. The van der Waals surface area contributed by atoms with E-state index in [4.69, 9.17) is 5.73 Å². The van der Waals surface area contributed by atoms with Gasteiger partial charge < -0.3 is 11.1 Å². The molecule has 1 aromatic rings. The second-order valence-electron chi connectivity index (χ2n) is 5.57. The molecule has 0 bridgehead atoms. The number of nitrogen functional groups attached to an aromatic ring is 1. The molecule has 0 aliphatic carbocycles. The fraction of sp³-hybridized carbons (Fsp3) is 0.600. The van der Waals surface area contributed by atoms with Crippen LogP contribution < -0.4 is 11.1 Å². The molecule has 1 aliphatic heterocycles. The molecule has 1 heterocycles. The topological polar surface area (TPSA) is 75.4 Å². The van der Waals surface area contributed by atoms with E-state index in [0.717, 1.165) is 30.6 Å². The summed E-state index contributed by atoms with van der Waals surface area (Å²) in [5.41, 5.74) is 7.82. The SMILES string of the molecule is CCCS(=O)(=O)N1CCC(NCc2ccccc2N)CC1. The van der Waals surface area contributed by atoms with Crippen molar-refractivity contribution < 1.29 is 8.42 Å². The molecule has 21 heavy (non-hydrogen) atoms. The van der Waals surface area contributed by atoms with Crippen LogP contribution in [-0.2, 0) is 16.6 Å². The summed E-state index contributed by atoms with van der Waals surface area (Å²) in [6.07, 6.45) is 2.39. The molecule has 0 aromatic heterocycles. The van der Waals surface area contributed by atoms with Gasteiger partial charge in [-0.25, -0.2) is 12.7 Å². The van der Waals surface area contributed by atoms with Gasteiger partial charge in [-0.1, -0.05) is 25.1 Å². The highest BCUT2D eigenvalue weighted by atomic mass is 32.2. The van der Waals surface area contributed by atoms with Gasteiger partial charge in [-0.3, -0.25) is 0 Å². The first-order valence-corrected chi connectivity index (χ1v) is 9.18. The number of sulfonamides is 1. The summed E-state index contributed by atoms with van der Waals surface area (Å²) in [6, 6.07) is 8.18. The van der Waals surface area contributed by atoms with Gasteiger partial charge in [-0.15, -0.1) is 0 Å². The average molecular weight is 311 g/mol. The van der Waals surface area contributed by atoms with Crippen molar-refractivity contribution in [2.24, 2.45) is 0 Å². The number of nitrogens with zero attached hydrogens (tertiary/aromatic N) is 1. The maximum absolute atomic E-state index is 12.0. The van der Waals surface area contributed by atoms with E-state index in [-0.39, 0.29) is 5.75 Å². The Kier molecular flexibility index (Phi) is 5.61. The van der Waals surface area contributed by atoms with Crippen LogP contribution in [0.2, 0.25) is 0 Å². The number of piperidine rings is 1. The zero-order valence-electron chi connectivity index (χ0n) is 12.6. The number of anilines is 1. The Morgan fingerprint density at radius 3 is 2.57 bits per heavy atom. The maximum Gasteiger partial charge on any atom is 0.214 e. The molecule has 0 spiro atoms. The molecule has 5 nitrogen and oxygen atoms in total. The summed E-state index contributed by atoms with van der Waals surface area (Å²) >= 11 is 0. The molecular formula is C15H25N3O2S. The van der Waals surface area contributed by atoms with Crippen molar-refractivity contribution in [3.05, 3.63) is 29.8 Å². The van der Waals surface area contributed by atoms with Crippen molar-refractivity contribution >= 4 is 15.7 Å². The fourth-order valence-electron chi connectivity index (χ4n) is 2.67. The predicted molar refractivity (Wildman–Crippen MR) is 86.4 cm³/mol. The monoisotopic (exact) mass is 311 g/mol. The number of hydrogen-bond acceptors (Lipinski definition) is 4. The quantitative estimate of drug-likeness (QED) is 0.782. The lowest BCUT2D eigenvalue weighted by Crippen LogP contribution is -2.45. The largest absolute Gasteiger partial charge is 0.398 e. The highest BCUT2D eigenvalue weighted by molar-refractivity contribution is 7.89. The fourth-order valence-corrected chi connectivity index (χ4v) is 4.22. The molecule has 1 saturated heterocycles. The number of nitrogens with two attached hydrogens (primary N) is 1. The van der Waals surface area contributed by atoms with Crippen LogP contribution in [0.25, 0.3) is 0 Å². The van der Waals surface area contributed by atoms with Crippen LogP contribution >= 0.6 is 0 Å². The Morgan fingerprint density at radius 1 is 1.29 bits per heavy atom. The zero-order chi connectivity index (χ0) is 15.3. The van der Waals surface area contributed by atoms with E-state index in [1.807, 2.05) is 31.2 Å². The molecule has 2 rings (SSSR count). The number of nitrogens with one attached hydrogen (secondary N) is 1. The van der Waals surface area contributed by atoms with E-state index in [9.17, 15) is 8.42 Å². The van der Waals surface area contributed by atoms with E-state index in [1.54, 1.807) is 4.31 Å². The van der Waals surface area contributed by atoms with E-state index in [2.05, 4.69) is 5.32 Å². The third-order valence-electron chi connectivity index (χ3n) is 3.95. The first kappa shape index (κ1) is 16.3. The Hall–Kier alpha value is -1.11. The zero-order valence-corrected chi connectivity index (χ0v) is 13.4.